The Morgan fingerprint density at radius 2 is 2.33 bits per heavy atom. The van der Waals surface area contributed by atoms with Gasteiger partial charge in [-0.05, 0) is 18.4 Å². The van der Waals surface area contributed by atoms with Gasteiger partial charge in [-0.25, -0.2) is 9.78 Å². The van der Waals surface area contributed by atoms with E-state index in [1.54, 1.807) is 18.3 Å². The fraction of sp³-hybridized carbons (Fsp3) is 0.167. The molecule has 21 heavy (non-hydrogen) atoms. The highest BCUT2D eigenvalue weighted by Crippen LogP contribution is 2.30. The number of thiophene rings is 1. The van der Waals surface area contributed by atoms with E-state index in [2.05, 4.69) is 14.6 Å². The Hall–Kier alpha value is -1.35. The molecule has 0 N–H and O–H groups in total. The number of hydrogen-bond donors (Lipinski definition) is 0. The molecule has 3 aromatic heterocycles. The predicted octanol–water partition coefficient (Wildman–Crippen LogP) is 4.04. The second-order valence-corrected chi connectivity index (χ2v) is 7.15. The van der Waals surface area contributed by atoms with Gasteiger partial charge in [-0.2, -0.15) is 11.3 Å². The van der Waals surface area contributed by atoms with Crippen LogP contribution in [0, 0.1) is 6.92 Å². The smallest absolute Gasteiger partial charge is 0.350 e. The number of thiazole rings is 1. The van der Waals surface area contributed by atoms with E-state index >= 15 is 0 Å². The van der Waals surface area contributed by atoms with E-state index in [4.69, 9.17) is 16.3 Å². The van der Waals surface area contributed by atoms with Crippen LogP contribution in [0.15, 0.2) is 16.8 Å². The molecule has 3 heterocycles. The Bertz CT molecular complexity index is 767. The van der Waals surface area contributed by atoms with Crippen molar-refractivity contribution in [3.8, 4) is 10.6 Å². The molecule has 9 heteroatoms. The Morgan fingerprint density at radius 3 is 3.00 bits per heavy atom. The van der Waals surface area contributed by atoms with Crippen LogP contribution < -0.4 is 0 Å². The van der Waals surface area contributed by atoms with Crippen molar-refractivity contribution in [1.29, 1.82) is 0 Å². The molecule has 0 spiro atoms. The van der Waals surface area contributed by atoms with Gasteiger partial charge in [0.15, 0.2) is 0 Å². The van der Waals surface area contributed by atoms with Crippen LogP contribution in [0.4, 0.5) is 0 Å². The summed E-state index contributed by atoms with van der Waals surface area (Å²) in [6.45, 7) is 1.81. The van der Waals surface area contributed by atoms with E-state index in [1.807, 2.05) is 16.8 Å². The molecule has 0 radical (unpaired) electrons. The number of ether oxygens (including phenoxy) is 1. The summed E-state index contributed by atoms with van der Waals surface area (Å²) in [5, 5.41) is 8.58. The van der Waals surface area contributed by atoms with Crippen LogP contribution in [0.2, 0.25) is 4.34 Å². The standard InChI is InChI=1S/C12H8ClN3O2S3/c1-6-9(20-11(14-6)7-2-3-19-5-7)12(17)18-4-8-10(13)21-16-15-8/h2-3,5H,4H2,1H3. The summed E-state index contributed by atoms with van der Waals surface area (Å²) in [6, 6.07) is 1.97. The lowest BCUT2D eigenvalue weighted by molar-refractivity contribution is 0.0472. The maximum atomic E-state index is 12.1. The van der Waals surface area contributed by atoms with Crippen LogP contribution in [0.5, 0.6) is 0 Å². The van der Waals surface area contributed by atoms with Crippen molar-refractivity contribution < 1.29 is 9.53 Å². The summed E-state index contributed by atoms with van der Waals surface area (Å²) in [6.07, 6.45) is 0. The lowest BCUT2D eigenvalue weighted by Crippen LogP contribution is -2.05. The second kappa shape index (κ2) is 6.18. The molecule has 5 nitrogen and oxygen atoms in total. The van der Waals surface area contributed by atoms with E-state index in [0.29, 0.717) is 20.6 Å². The average molecular weight is 358 g/mol. The molecule has 3 aromatic rings. The van der Waals surface area contributed by atoms with Gasteiger partial charge in [0.25, 0.3) is 0 Å². The molecule has 0 saturated carbocycles. The van der Waals surface area contributed by atoms with Gasteiger partial charge >= 0.3 is 5.97 Å². The molecule has 3 rings (SSSR count). The number of aryl methyl sites for hydroxylation is 1. The predicted molar refractivity (Wildman–Crippen MR) is 84.2 cm³/mol. The topological polar surface area (TPSA) is 65.0 Å². The van der Waals surface area contributed by atoms with Crippen molar-refractivity contribution in [2.24, 2.45) is 0 Å². The number of halogens is 1. The zero-order chi connectivity index (χ0) is 14.8. The first kappa shape index (κ1) is 14.6. The molecule has 0 atom stereocenters. The quantitative estimate of drug-likeness (QED) is 0.659. The SMILES string of the molecule is Cc1nc(-c2ccsc2)sc1C(=O)OCc1nnsc1Cl. The number of hydrogen-bond acceptors (Lipinski definition) is 8. The van der Waals surface area contributed by atoms with E-state index in [9.17, 15) is 4.79 Å². The van der Waals surface area contributed by atoms with Gasteiger partial charge < -0.3 is 4.74 Å². The molecule has 0 fully saturated rings. The van der Waals surface area contributed by atoms with E-state index in [0.717, 1.165) is 22.1 Å². The van der Waals surface area contributed by atoms with Crippen molar-refractivity contribution in [3.63, 3.8) is 0 Å². The first-order valence-electron chi connectivity index (χ1n) is 5.79. The lowest BCUT2D eigenvalue weighted by atomic mass is 10.3. The van der Waals surface area contributed by atoms with Crippen LogP contribution in [0.25, 0.3) is 10.6 Å². The highest BCUT2D eigenvalue weighted by molar-refractivity contribution is 7.17. The molecule has 0 saturated heterocycles. The minimum Gasteiger partial charge on any atom is -0.455 e. The Labute approximate surface area is 137 Å². The largest absolute Gasteiger partial charge is 0.455 e. The molecule has 0 aliphatic carbocycles. The molecule has 0 aliphatic rings. The zero-order valence-electron chi connectivity index (χ0n) is 10.7. The van der Waals surface area contributed by atoms with Gasteiger partial charge in [0.2, 0.25) is 0 Å². The minimum absolute atomic E-state index is 0.0132. The first-order valence-corrected chi connectivity index (χ1v) is 8.70. The van der Waals surface area contributed by atoms with Gasteiger partial charge in [-0.1, -0.05) is 16.1 Å². The maximum absolute atomic E-state index is 12.1. The fourth-order valence-electron chi connectivity index (χ4n) is 1.58. The average Bonchev–Trinajstić information content (AvgIpc) is 3.16. The molecule has 0 aromatic carbocycles. The van der Waals surface area contributed by atoms with Crippen molar-refractivity contribution in [3.05, 3.63) is 37.4 Å². The zero-order valence-corrected chi connectivity index (χ0v) is 13.9. The van der Waals surface area contributed by atoms with Crippen LogP contribution in [0.1, 0.15) is 21.1 Å². The van der Waals surface area contributed by atoms with Crippen LogP contribution >= 0.6 is 45.8 Å². The molecule has 0 unspecified atom stereocenters. The Kier molecular flexibility index (Phi) is 4.29. The number of rotatable bonds is 4. The Balaban J connectivity index is 1.74. The minimum atomic E-state index is -0.421. The third-order valence-electron chi connectivity index (χ3n) is 2.60. The van der Waals surface area contributed by atoms with Crippen LogP contribution in [-0.2, 0) is 11.3 Å². The highest BCUT2D eigenvalue weighted by Gasteiger charge is 2.19. The summed E-state index contributed by atoms with van der Waals surface area (Å²) >= 11 is 9.84. The normalized spacial score (nSPS) is 10.8. The van der Waals surface area contributed by atoms with Crippen LogP contribution in [-0.4, -0.2) is 20.5 Å². The van der Waals surface area contributed by atoms with Gasteiger partial charge in [0.05, 0.1) is 5.69 Å². The van der Waals surface area contributed by atoms with Gasteiger partial charge in [0.1, 0.15) is 26.5 Å². The number of nitrogens with zero attached hydrogens (tertiary/aromatic N) is 3. The third kappa shape index (κ3) is 3.13. The summed E-state index contributed by atoms with van der Waals surface area (Å²) in [5.41, 5.74) is 2.14. The van der Waals surface area contributed by atoms with Crippen molar-refractivity contribution in [2.45, 2.75) is 13.5 Å². The van der Waals surface area contributed by atoms with E-state index in [-0.39, 0.29) is 6.61 Å². The first-order chi connectivity index (χ1) is 10.1. The van der Waals surface area contributed by atoms with Crippen molar-refractivity contribution >= 4 is 51.8 Å². The van der Waals surface area contributed by atoms with Crippen LogP contribution in [0.3, 0.4) is 0 Å². The maximum Gasteiger partial charge on any atom is 0.350 e. The molecular formula is C12H8ClN3O2S3. The van der Waals surface area contributed by atoms with Gasteiger partial charge in [0, 0.05) is 22.5 Å². The van der Waals surface area contributed by atoms with Gasteiger partial charge in [-0.3, -0.25) is 0 Å². The number of carbonyl (C=O) groups is 1. The summed E-state index contributed by atoms with van der Waals surface area (Å²) in [5.74, 6) is -0.421. The number of esters is 1. The molecule has 108 valence electrons. The van der Waals surface area contributed by atoms with Crippen molar-refractivity contribution in [1.82, 2.24) is 14.6 Å². The molecule has 0 bridgehead atoms. The molecule has 0 amide bonds. The third-order valence-corrected chi connectivity index (χ3v) is 5.45. The molecule has 0 aliphatic heterocycles. The van der Waals surface area contributed by atoms with Crippen molar-refractivity contribution in [2.75, 3.05) is 0 Å². The number of aromatic nitrogens is 3. The summed E-state index contributed by atoms with van der Waals surface area (Å²) in [4.78, 5) is 17.0. The highest BCUT2D eigenvalue weighted by atomic mass is 35.5. The Morgan fingerprint density at radius 1 is 1.48 bits per heavy atom. The summed E-state index contributed by atoms with van der Waals surface area (Å²) in [7, 11) is 0. The van der Waals surface area contributed by atoms with Gasteiger partial charge in [-0.15, -0.1) is 16.4 Å². The number of carbonyl (C=O) groups excluding carboxylic acids is 1. The van der Waals surface area contributed by atoms with E-state index < -0.39 is 5.97 Å². The fourth-order valence-corrected chi connectivity index (χ4v) is 3.85. The summed E-state index contributed by atoms with van der Waals surface area (Å²) < 4.78 is 9.34. The van der Waals surface area contributed by atoms with E-state index in [1.165, 1.54) is 11.3 Å². The monoisotopic (exact) mass is 357 g/mol. The second-order valence-electron chi connectivity index (χ2n) is 4.02. The molecular weight excluding hydrogens is 350 g/mol. The lowest BCUT2D eigenvalue weighted by Gasteiger charge is -2.00.